The van der Waals surface area contributed by atoms with Crippen molar-refractivity contribution in [1.82, 2.24) is 4.90 Å². The van der Waals surface area contributed by atoms with Gasteiger partial charge in [-0.05, 0) is 12.8 Å². The molecule has 1 aliphatic heterocycles. The van der Waals surface area contributed by atoms with Crippen molar-refractivity contribution in [2.75, 3.05) is 20.2 Å². The van der Waals surface area contributed by atoms with Crippen LogP contribution in [0.25, 0.3) is 0 Å². The average molecular weight is 181 g/mol. The standard InChI is InChI=1S/C8H12BNO3/c1-13-7(11)6-2-4-10(5-3-6)8(9)12/h6H,2-5H2,1H3. The number of ether oxygens (including phenoxy) is 1. The highest BCUT2D eigenvalue weighted by molar-refractivity contribution is 6.56. The molecule has 0 atom stereocenters. The summed E-state index contributed by atoms with van der Waals surface area (Å²) in [5.41, 5.74) is 0. The maximum absolute atomic E-state index is 11.1. The molecule has 1 heterocycles. The highest BCUT2D eigenvalue weighted by Gasteiger charge is 2.25. The van der Waals surface area contributed by atoms with Gasteiger partial charge in [0.15, 0.2) is 5.81 Å². The lowest BCUT2D eigenvalue weighted by atomic mass is 9.95. The number of amides is 1. The summed E-state index contributed by atoms with van der Waals surface area (Å²) in [6.07, 6.45) is 1.30. The van der Waals surface area contributed by atoms with E-state index in [9.17, 15) is 9.59 Å². The molecule has 5 heteroatoms. The molecule has 1 saturated heterocycles. The van der Waals surface area contributed by atoms with Gasteiger partial charge in [0, 0.05) is 13.1 Å². The van der Waals surface area contributed by atoms with E-state index in [0.717, 1.165) is 0 Å². The summed E-state index contributed by atoms with van der Waals surface area (Å²) in [4.78, 5) is 23.4. The Balaban J connectivity index is 2.39. The van der Waals surface area contributed by atoms with Gasteiger partial charge >= 0.3 is 5.97 Å². The zero-order chi connectivity index (χ0) is 9.84. The first-order valence-corrected chi connectivity index (χ1v) is 4.27. The van der Waals surface area contributed by atoms with Crippen molar-refractivity contribution < 1.29 is 14.3 Å². The third kappa shape index (κ3) is 2.47. The highest BCUT2D eigenvalue weighted by Crippen LogP contribution is 2.17. The Bertz CT molecular complexity index is 211. The number of piperidine rings is 1. The Morgan fingerprint density at radius 2 is 1.92 bits per heavy atom. The van der Waals surface area contributed by atoms with Crippen molar-refractivity contribution in [2.24, 2.45) is 5.92 Å². The number of carbonyl (C=O) groups excluding carboxylic acids is 2. The third-order valence-corrected chi connectivity index (χ3v) is 2.34. The molecule has 0 N–H and O–H groups in total. The van der Waals surface area contributed by atoms with E-state index in [1.165, 1.54) is 7.11 Å². The van der Waals surface area contributed by atoms with Crippen LogP contribution in [0.2, 0.25) is 0 Å². The predicted molar refractivity (Wildman–Crippen MR) is 47.5 cm³/mol. The monoisotopic (exact) mass is 181 g/mol. The molecule has 2 radical (unpaired) electrons. The summed E-state index contributed by atoms with van der Waals surface area (Å²) < 4.78 is 4.61. The molecule has 0 spiro atoms. The maximum atomic E-state index is 11.1. The SMILES string of the molecule is [B]C(=O)N1CCC(C(=O)OC)CC1. The van der Waals surface area contributed by atoms with E-state index in [1.54, 1.807) is 4.90 Å². The van der Waals surface area contributed by atoms with Crippen LogP contribution in [0.5, 0.6) is 0 Å². The number of rotatable bonds is 1. The third-order valence-electron chi connectivity index (χ3n) is 2.34. The topological polar surface area (TPSA) is 46.6 Å². The Kier molecular flexibility index (Phi) is 3.34. The van der Waals surface area contributed by atoms with Crippen molar-refractivity contribution >= 4 is 19.6 Å². The Labute approximate surface area is 78.6 Å². The molecule has 4 nitrogen and oxygen atoms in total. The molecule has 0 aromatic rings. The molecule has 0 bridgehead atoms. The smallest absolute Gasteiger partial charge is 0.308 e. The molecule has 0 aromatic carbocycles. The van der Waals surface area contributed by atoms with Crippen LogP contribution in [0.1, 0.15) is 12.8 Å². The number of carbonyl (C=O) groups is 2. The first-order valence-electron chi connectivity index (χ1n) is 4.27. The number of hydrogen-bond acceptors (Lipinski definition) is 3. The molecular formula is C8H12BNO3. The first-order chi connectivity index (χ1) is 6.15. The van der Waals surface area contributed by atoms with Crippen molar-refractivity contribution in [3.05, 3.63) is 0 Å². The summed E-state index contributed by atoms with van der Waals surface area (Å²) in [5, 5.41) is 0. The van der Waals surface area contributed by atoms with Gasteiger partial charge < -0.3 is 9.64 Å². The van der Waals surface area contributed by atoms with Gasteiger partial charge in [0.05, 0.1) is 13.0 Å². The van der Waals surface area contributed by atoms with Crippen molar-refractivity contribution in [1.29, 1.82) is 0 Å². The minimum Gasteiger partial charge on any atom is -0.469 e. The van der Waals surface area contributed by atoms with Crippen LogP contribution in [0.15, 0.2) is 0 Å². The molecular weight excluding hydrogens is 169 g/mol. The molecule has 1 amide bonds. The lowest BCUT2D eigenvalue weighted by molar-refractivity contribution is -0.146. The first kappa shape index (κ1) is 10.1. The molecule has 13 heavy (non-hydrogen) atoms. The fourth-order valence-corrected chi connectivity index (χ4v) is 1.50. The fraction of sp³-hybridized carbons (Fsp3) is 0.750. The van der Waals surface area contributed by atoms with E-state index in [1.807, 2.05) is 0 Å². The Morgan fingerprint density at radius 3 is 2.31 bits per heavy atom. The van der Waals surface area contributed by atoms with Gasteiger partial charge in [-0.1, -0.05) is 0 Å². The lowest BCUT2D eigenvalue weighted by Crippen LogP contribution is -2.39. The number of esters is 1. The number of nitrogens with zero attached hydrogens (tertiary/aromatic N) is 1. The van der Waals surface area contributed by atoms with Crippen molar-refractivity contribution in [3.63, 3.8) is 0 Å². The second-order valence-corrected chi connectivity index (χ2v) is 3.12. The molecule has 1 aliphatic rings. The molecule has 0 saturated carbocycles. The largest absolute Gasteiger partial charge is 0.469 e. The maximum Gasteiger partial charge on any atom is 0.308 e. The predicted octanol–water partition coefficient (Wildman–Crippen LogP) is 0.160. The second-order valence-electron chi connectivity index (χ2n) is 3.12. The summed E-state index contributed by atoms with van der Waals surface area (Å²) in [7, 11) is 6.47. The fourth-order valence-electron chi connectivity index (χ4n) is 1.50. The second kappa shape index (κ2) is 4.30. The van der Waals surface area contributed by atoms with Crippen LogP contribution in [0.4, 0.5) is 4.79 Å². The van der Waals surface area contributed by atoms with Gasteiger partial charge in [-0.25, -0.2) is 0 Å². The van der Waals surface area contributed by atoms with E-state index in [0.29, 0.717) is 25.9 Å². The summed E-state index contributed by atoms with van der Waals surface area (Å²) >= 11 is 0. The minimum absolute atomic E-state index is 0.0689. The van der Waals surface area contributed by atoms with Crippen LogP contribution >= 0.6 is 0 Å². The minimum atomic E-state index is -0.414. The van der Waals surface area contributed by atoms with Crippen LogP contribution in [-0.2, 0) is 9.53 Å². The van der Waals surface area contributed by atoms with E-state index in [4.69, 9.17) is 7.85 Å². The van der Waals surface area contributed by atoms with Gasteiger partial charge in [-0.3, -0.25) is 9.59 Å². The molecule has 0 unspecified atom stereocenters. The summed E-state index contributed by atoms with van der Waals surface area (Å²) in [6.45, 7) is 1.10. The quantitative estimate of drug-likeness (QED) is 0.427. The number of likely N-dealkylation sites (tertiary alicyclic amines) is 1. The normalized spacial score (nSPS) is 18.4. The van der Waals surface area contributed by atoms with Crippen LogP contribution in [0, 0.1) is 5.92 Å². The Hall–Kier alpha value is -0.995. The zero-order valence-corrected chi connectivity index (χ0v) is 7.66. The molecule has 1 fully saturated rings. The van der Waals surface area contributed by atoms with Crippen LogP contribution in [0.3, 0.4) is 0 Å². The molecule has 0 aliphatic carbocycles. The van der Waals surface area contributed by atoms with Crippen molar-refractivity contribution in [2.45, 2.75) is 12.8 Å². The summed E-state index contributed by atoms with van der Waals surface area (Å²) in [5.74, 6) is -0.673. The van der Waals surface area contributed by atoms with Crippen molar-refractivity contribution in [3.8, 4) is 0 Å². The van der Waals surface area contributed by atoms with Gasteiger partial charge in [0.2, 0.25) is 7.85 Å². The zero-order valence-electron chi connectivity index (χ0n) is 7.66. The van der Waals surface area contributed by atoms with Gasteiger partial charge in [0.25, 0.3) is 0 Å². The Morgan fingerprint density at radius 1 is 1.38 bits per heavy atom. The molecule has 70 valence electrons. The molecule has 0 aromatic heterocycles. The lowest BCUT2D eigenvalue weighted by Gasteiger charge is -2.30. The van der Waals surface area contributed by atoms with E-state index >= 15 is 0 Å². The van der Waals surface area contributed by atoms with E-state index < -0.39 is 5.81 Å². The van der Waals surface area contributed by atoms with E-state index in [-0.39, 0.29) is 11.9 Å². The van der Waals surface area contributed by atoms with Gasteiger partial charge in [-0.15, -0.1) is 0 Å². The molecule has 1 rings (SSSR count). The van der Waals surface area contributed by atoms with E-state index in [2.05, 4.69) is 4.74 Å². The van der Waals surface area contributed by atoms with Gasteiger partial charge in [0.1, 0.15) is 0 Å². The van der Waals surface area contributed by atoms with Gasteiger partial charge in [-0.2, -0.15) is 0 Å². The number of hydrogen-bond donors (Lipinski definition) is 0. The van der Waals surface area contributed by atoms with Crippen LogP contribution < -0.4 is 0 Å². The highest BCUT2D eigenvalue weighted by atomic mass is 16.5. The summed E-state index contributed by atoms with van der Waals surface area (Å²) in [6, 6.07) is 0. The number of methoxy groups -OCH3 is 1. The average Bonchev–Trinajstić information content (AvgIpc) is 2.17. The van der Waals surface area contributed by atoms with Crippen LogP contribution in [-0.4, -0.2) is 44.7 Å².